The predicted molar refractivity (Wildman–Crippen MR) is 80.1 cm³/mol. The molecule has 112 valence electrons. The van der Waals surface area contributed by atoms with E-state index in [-0.39, 0.29) is 9.92 Å². The Kier molecular flexibility index (Phi) is 6.42. The first kappa shape index (κ1) is 15.4. The van der Waals surface area contributed by atoms with E-state index in [9.17, 15) is 10.1 Å². The highest BCUT2D eigenvalue weighted by molar-refractivity contribution is 7.13. The summed E-state index contributed by atoms with van der Waals surface area (Å²) < 4.78 is 5.84. The molecule has 1 saturated carbocycles. The molecule has 20 heavy (non-hydrogen) atoms. The van der Waals surface area contributed by atoms with Crippen LogP contribution in [-0.2, 0) is 11.3 Å². The van der Waals surface area contributed by atoms with Crippen molar-refractivity contribution in [3.05, 3.63) is 27.1 Å². The molecule has 1 N–H and O–H groups in total. The molecule has 1 aromatic heterocycles. The summed E-state index contributed by atoms with van der Waals surface area (Å²) in [5.41, 5.74) is 0.981. The third kappa shape index (κ3) is 5.19. The zero-order chi connectivity index (χ0) is 14.2. The number of hydrogen-bond donors (Lipinski definition) is 1. The quantitative estimate of drug-likeness (QED) is 0.453. The Labute approximate surface area is 123 Å². The van der Waals surface area contributed by atoms with Gasteiger partial charge in [-0.1, -0.05) is 30.6 Å². The summed E-state index contributed by atoms with van der Waals surface area (Å²) in [5, 5.41) is 15.9. The van der Waals surface area contributed by atoms with E-state index in [0.29, 0.717) is 12.6 Å². The second-order valence-corrected chi connectivity index (χ2v) is 6.10. The van der Waals surface area contributed by atoms with Crippen molar-refractivity contribution < 1.29 is 9.66 Å². The van der Waals surface area contributed by atoms with Crippen molar-refractivity contribution in [2.24, 2.45) is 0 Å². The minimum atomic E-state index is -0.341. The smallest absolute Gasteiger partial charge is 0.324 e. The highest BCUT2D eigenvalue weighted by atomic mass is 32.1. The van der Waals surface area contributed by atoms with E-state index >= 15 is 0 Å². The average Bonchev–Trinajstić information content (AvgIpc) is 2.93. The Morgan fingerprint density at radius 3 is 2.90 bits per heavy atom. The molecule has 0 unspecified atom stereocenters. The Bertz CT molecular complexity index is 416. The second kappa shape index (κ2) is 8.34. The number of nitrogens with one attached hydrogen (secondary N) is 1. The van der Waals surface area contributed by atoms with Crippen molar-refractivity contribution in [1.82, 2.24) is 5.32 Å². The first-order valence-corrected chi connectivity index (χ1v) is 8.18. The molecule has 0 amide bonds. The first-order valence-electron chi connectivity index (χ1n) is 7.30. The lowest BCUT2D eigenvalue weighted by Gasteiger charge is -2.21. The van der Waals surface area contributed by atoms with Gasteiger partial charge in [-0.2, -0.15) is 0 Å². The number of hydrogen-bond acceptors (Lipinski definition) is 5. The Balaban J connectivity index is 1.51. The molecule has 0 bridgehead atoms. The number of thiophene rings is 1. The van der Waals surface area contributed by atoms with Crippen LogP contribution in [0, 0.1) is 10.1 Å². The van der Waals surface area contributed by atoms with E-state index < -0.39 is 0 Å². The third-order valence-corrected chi connectivity index (χ3v) is 4.48. The molecule has 0 aliphatic heterocycles. The SMILES string of the molecule is O=[N+]([O-])c1cc(CNCCCOC2CCCCC2)cs1. The second-order valence-electron chi connectivity index (χ2n) is 5.21. The molecule has 5 nitrogen and oxygen atoms in total. The molecular weight excluding hydrogens is 276 g/mol. The highest BCUT2D eigenvalue weighted by Crippen LogP contribution is 2.22. The molecule has 1 aliphatic carbocycles. The van der Waals surface area contributed by atoms with Crippen LogP contribution in [0.4, 0.5) is 5.00 Å². The lowest BCUT2D eigenvalue weighted by atomic mass is 9.98. The maximum Gasteiger partial charge on any atom is 0.324 e. The number of ether oxygens (including phenoxy) is 1. The summed E-state index contributed by atoms with van der Waals surface area (Å²) in [6.45, 7) is 2.38. The van der Waals surface area contributed by atoms with Gasteiger partial charge < -0.3 is 10.1 Å². The number of nitro groups is 1. The zero-order valence-electron chi connectivity index (χ0n) is 11.7. The lowest BCUT2D eigenvalue weighted by molar-refractivity contribution is -0.380. The van der Waals surface area contributed by atoms with Gasteiger partial charge in [0.1, 0.15) is 0 Å². The van der Waals surface area contributed by atoms with Crippen LogP contribution < -0.4 is 5.32 Å². The van der Waals surface area contributed by atoms with Gasteiger partial charge in [-0.15, -0.1) is 0 Å². The van der Waals surface area contributed by atoms with Crippen LogP contribution in [0.5, 0.6) is 0 Å². The lowest BCUT2D eigenvalue weighted by Crippen LogP contribution is -2.20. The van der Waals surface area contributed by atoms with Gasteiger partial charge in [0.2, 0.25) is 0 Å². The molecule has 0 aromatic carbocycles. The molecule has 1 fully saturated rings. The summed E-state index contributed by atoms with van der Waals surface area (Å²) >= 11 is 1.18. The van der Waals surface area contributed by atoms with Crippen molar-refractivity contribution >= 4 is 16.3 Å². The average molecular weight is 298 g/mol. The molecule has 0 atom stereocenters. The Morgan fingerprint density at radius 2 is 2.20 bits per heavy atom. The first-order chi connectivity index (χ1) is 9.75. The Morgan fingerprint density at radius 1 is 1.40 bits per heavy atom. The monoisotopic (exact) mass is 298 g/mol. The molecule has 1 aromatic rings. The van der Waals surface area contributed by atoms with Crippen LogP contribution >= 0.6 is 11.3 Å². The van der Waals surface area contributed by atoms with Crippen LogP contribution in [-0.4, -0.2) is 24.2 Å². The number of nitrogens with zero attached hydrogens (tertiary/aromatic N) is 1. The summed E-state index contributed by atoms with van der Waals surface area (Å²) in [4.78, 5) is 10.2. The minimum Gasteiger partial charge on any atom is -0.378 e. The number of rotatable bonds is 8. The molecule has 1 aliphatic rings. The van der Waals surface area contributed by atoms with Gasteiger partial charge in [0.15, 0.2) is 0 Å². The molecule has 0 spiro atoms. The van der Waals surface area contributed by atoms with Crippen LogP contribution in [0.1, 0.15) is 44.1 Å². The van der Waals surface area contributed by atoms with Crippen LogP contribution in [0.15, 0.2) is 11.4 Å². The topological polar surface area (TPSA) is 64.4 Å². The summed E-state index contributed by atoms with van der Waals surface area (Å²) in [6, 6.07) is 1.64. The molecule has 0 radical (unpaired) electrons. The maximum atomic E-state index is 10.6. The molecular formula is C14H22N2O3S. The van der Waals surface area contributed by atoms with E-state index in [1.807, 2.05) is 5.38 Å². The van der Waals surface area contributed by atoms with E-state index in [4.69, 9.17) is 4.74 Å². The molecule has 6 heteroatoms. The van der Waals surface area contributed by atoms with E-state index in [2.05, 4.69) is 5.32 Å². The fourth-order valence-corrected chi connectivity index (χ4v) is 3.19. The molecule has 2 rings (SSSR count). The van der Waals surface area contributed by atoms with Gasteiger partial charge in [-0.05, 0) is 31.4 Å². The van der Waals surface area contributed by atoms with Gasteiger partial charge in [0, 0.05) is 24.6 Å². The standard InChI is InChI=1S/C14H22N2O3S/c17-16(18)14-9-12(11-20-14)10-15-7-4-8-19-13-5-2-1-3-6-13/h9,11,13,15H,1-8,10H2. The van der Waals surface area contributed by atoms with Crippen molar-refractivity contribution in [2.45, 2.75) is 51.2 Å². The summed E-state index contributed by atoms with van der Waals surface area (Å²) in [5.74, 6) is 0. The van der Waals surface area contributed by atoms with Crippen molar-refractivity contribution in [3.63, 3.8) is 0 Å². The molecule has 1 heterocycles. The zero-order valence-corrected chi connectivity index (χ0v) is 12.5. The summed E-state index contributed by atoms with van der Waals surface area (Å²) in [7, 11) is 0. The van der Waals surface area contributed by atoms with Crippen molar-refractivity contribution in [3.8, 4) is 0 Å². The van der Waals surface area contributed by atoms with Gasteiger partial charge >= 0.3 is 5.00 Å². The van der Waals surface area contributed by atoms with Crippen molar-refractivity contribution in [2.75, 3.05) is 13.2 Å². The van der Waals surface area contributed by atoms with Crippen LogP contribution in [0.25, 0.3) is 0 Å². The fourth-order valence-electron chi connectivity index (χ4n) is 2.46. The largest absolute Gasteiger partial charge is 0.378 e. The van der Waals surface area contributed by atoms with Gasteiger partial charge in [0.05, 0.1) is 11.0 Å². The Hall–Kier alpha value is -0.980. The van der Waals surface area contributed by atoms with E-state index in [0.717, 1.165) is 25.1 Å². The van der Waals surface area contributed by atoms with Crippen molar-refractivity contribution in [1.29, 1.82) is 0 Å². The highest BCUT2D eigenvalue weighted by Gasteiger charge is 2.13. The normalized spacial score (nSPS) is 16.4. The fraction of sp³-hybridized carbons (Fsp3) is 0.714. The third-order valence-electron chi connectivity index (χ3n) is 3.55. The van der Waals surface area contributed by atoms with Gasteiger partial charge in [-0.25, -0.2) is 0 Å². The minimum absolute atomic E-state index is 0.211. The van der Waals surface area contributed by atoms with Crippen LogP contribution in [0.3, 0.4) is 0 Å². The molecule has 0 saturated heterocycles. The van der Waals surface area contributed by atoms with E-state index in [1.165, 1.54) is 43.4 Å². The van der Waals surface area contributed by atoms with Crippen LogP contribution in [0.2, 0.25) is 0 Å². The van der Waals surface area contributed by atoms with Gasteiger partial charge in [-0.3, -0.25) is 10.1 Å². The predicted octanol–water partition coefficient (Wildman–Crippen LogP) is 3.49. The van der Waals surface area contributed by atoms with Gasteiger partial charge in [0.25, 0.3) is 0 Å². The summed E-state index contributed by atoms with van der Waals surface area (Å²) in [6.07, 6.45) is 7.86. The van der Waals surface area contributed by atoms with E-state index in [1.54, 1.807) is 6.07 Å². The maximum absolute atomic E-state index is 10.6.